The number of alkyl carbamates (subject to hydrolysis) is 1. The van der Waals surface area contributed by atoms with Gasteiger partial charge in [-0.3, -0.25) is 24.1 Å². The molecule has 10 heteroatoms. The number of nitrogens with one attached hydrogen (secondary N) is 3. The molecular weight excluding hydrogens is 488 g/mol. The lowest BCUT2D eigenvalue weighted by Crippen LogP contribution is -2.35. The van der Waals surface area contributed by atoms with Crippen LogP contribution >= 0.6 is 0 Å². The van der Waals surface area contributed by atoms with E-state index in [-0.39, 0.29) is 48.4 Å². The van der Waals surface area contributed by atoms with Gasteiger partial charge >= 0.3 is 6.09 Å². The predicted molar refractivity (Wildman–Crippen MR) is 142 cm³/mol. The Kier molecular flexibility index (Phi) is 8.88. The molecule has 1 aliphatic heterocycles. The molecule has 1 aliphatic rings. The topological polar surface area (TPSA) is 134 Å². The second-order valence-electron chi connectivity index (χ2n) is 10.5. The highest BCUT2D eigenvalue weighted by atomic mass is 16.6. The van der Waals surface area contributed by atoms with Crippen molar-refractivity contribution < 1.29 is 28.7 Å². The van der Waals surface area contributed by atoms with Gasteiger partial charge < -0.3 is 20.7 Å². The van der Waals surface area contributed by atoms with Crippen molar-refractivity contribution in [1.82, 2.24) is 15.5 Å². The Morgan fingerprint density at radius 3 is 2.34 bits per heavy atom. The van der Waals surface area contributed by atoms with Gasteiger partial charge in [0.2, 0.25) is 5.91 Å². The standard InChI is InChI=1S/C28H34N4O6/c1-17(2)16-32-25(35)21-10-9-19(14-22(21)26(32)36)24(34)31-20-8-6-7-18(13-20)15-30-23(33)11-12-29-27(37)38-28(3,4)5/h6-10,13-14,17H,11-12,15-16H2,1-5H3,(H,29,37)(H,30,33)(H,31,34). The fourth-order valence-corrected chi connectivity index (χ4v) is 3.81. The van der Waals surface area contributed by atoms with Gasteiger partial charge in [-0.2, -0.15) is 0 Å². The van der Waals surface area contributed by atoms with Crippen LogP contribution in [0, 0.1) is 5.92 Å². The van der Waals surface area contributed by atoms with Crippen LogP contribution in [0.2, 0.25) is 0 Å². The maximum atomic E-state index is 12.9. The van der Waals surface area contributed by atoms with E-state index in [4.69, 9.17) is 4.74 Å². The van der Waals surface area contributed by atoms with Gasteiger partial charge in [-0.05, 0) is 62.6 Å². The Balaban J connectivity index is 1.54. The van der Waals surface area contributed by atoms with E-state index in [2.05, 4.69) is 16.0 Å². The molecule has 10 nitrogen and oxygen atoms in total. The molecule has 2 aromatic carbocycles. The number of carbonyl (C=O) groups is 5. The average Bonchev–Trinajstić information content (AvgIpc) is 3.06. The third-order valence-corrected chi connectivity index (χ3v) is 5.48. The third kappa shape index (κ3) is 7.64. The van der Waals surface area contributed by atoms with Gasteiger partial charge in [0.25, 0.3) is 17.7 Å². The molecular formula is C28H34N4O6. The smallest absolute Gasteiger partial charge is 0.407 e. The Hall–Kier alpha value is -4.21. The molecule has 0 fully saturated rings. The number of benzene rings is 2. The molecule has 0 saturated heterocycles. The van der Waals surface area contributed by atoms with Crippen molar-refractivity contribution in [3.8, 4) is 0 Å². The van der Waals surface area contributed by atoms with Crippen molar-refractivity contribution in [2.45, 2.75) is 53.2 Å². The van der Waals surface area contributed by atoms with E-state index in [1.807, 2.05) is 13.8 Å². The van der Waals surface area contributed by atoms with E-state index in [0.717, 1.165) is 5.56 Å². The van der Waals surface area contributed by atoms with Crippen LogP contribution in [0.3, 0.4) is 0 Å². The van der Waals surface area contributed by atoms with E-state index in [0.29, 0.717) is 17.8 Å². The van der Waals surface area contributed by atoms with Crippen LogP contribution < -0.4 is 16.0 Å². The van der Waals surface area contributed by atoms with Gasteiger partial charge in [0.1, 0.15) is 5.60 Å². The average molecular weight is 523 g/mol. The van der Waals surface area contributed by atoms with Crippen LogP contribution in [-0.4, -0.2) is 53.3 Å². The first kappa shape index (κ1) is 28.4. The summed E-state index contributed by atoms with van der Waals surface area (Å²) in [5.41, 5.74) is 1.44. The second kappa shape index (κ2) is 11.9. The lowest BCUT2D eigenvalue weighted by molar-refractivity contribution is -0.121. The summed E-state index contributed by atoms with van der Waals surface area (Å²) in [5, 5.41) is 8.09. The molecule has 0 saturated carbocycles. The Morgan fingerprint density at radius 2 is 1.66 bits per heavy atom. The van der Waals surface area contributed by atoms with Crippen LogP contribution in [0.4, 0.5) is 10.5 Å². The van der Waals surface area contributed by atoms with Gasteiger partial charge in [-0.25, -0.2) is 4.79 Å². The van der Waals surface area contributed by atoms with Gasteiger partial charge in [0, 0.05) is 37.3 Å². The maximum Gasteiger partial charge on any atom is 0.407 e. The molecule has 0 unspecified atom stereocenters. The first-order valence-electron chi connectivity index (χ1n) is 12.5. The Bertz CT molecular complexity index is 1250. The summed E-state index contributed by atoms with van der Waals surface area (Å²) < 4.78 is 5.13. The molecule has 3 N–H and O–H groups in total. The Morgan fingerprint density at radius 1 is 0.947 bits per heavy atom. The lowest BCUT2D eigenvalue weighted by Gasteiger charge is -2.19. The minimum Gasteiger partial charge on any atom is -0.444 e. The summed E-state index contributed by atoms with van der Waals surface area (Å²) in [7, 11) is 0. The van der Waals surface area contributed by atoms with Crippen LogP contribution in [-0.2, 0) is 16.1 Å². The summed E-state index contributed by atoms with van der Waals surface area (Å²) in [5.74, 6) is -1.29. The first-order valence-corrected chi connectivity index (χ1v) is 12.5. The summed E-state index contributed by atoms with van der Waals surface area (Å²) >= 11 is 0. The Labute approximate surface area is 222 Å². The van der Waals surface area contributed by atoms with Crippen molar-refractivity contribution in [2.75, 3.05) is 18.4 Å². The quantitative estimate of drug-likeness (QED) is 0.430. The van der Waals surface area contributed by atoms with Crippen LogP contribution in [0.15, 0.2) is 42.5 Å². The van der Waals surface area contributed by atoms with E-state index in [9.17, 15) is 24.0 Å². The van der Waals surface area contributed by atoms with Gasteiger partial charge in [0.15, 0.2) is 0 Å². The maximum absolute atomic E-state index is 12.9. The minimum absolute atomic E-state index is 0.0871. The van der Waals surface area contributed by atoms with E-state index in [1.54, 1.807) is 45.0 Å². The highest BCUT2D eigenvalue weighted by Crippen LogP contribution is 2.25. The van der Waals surface area contributed by atoms with Crippen molar-refractivity contribution in [3.05, 3.63) is 64.7 Å². The molecule has 2 aromatic rings. The summed E-state index contributed by atoms with van der Waals surface area (Å²) in [6, 6.07) is 11.5. The number of hydrogen-bond acceptors (Lipinski definition) is 6. The zero-order valence-corrected chi connectivity index (χ0v) is 22.3. The zero-order chi connectivity index (χ0) is 28.0. The van der Waals surface area contributed by atoms with Crippen molar-refractivity contribution >= 4 is 35.4 Å². The molecule has 3 rings (SSSR count). The van der Waals surface area contributed by atoms with Crippen molar-refractivity contribution in [1.29, 1.82) is 0 Å². The van der Waals surface area contributed by atoms with Gasteiger partial charge in [0.05, 0.1) is 11.1 Å². The first-order chi connectivity index (χ1) is 17.8. The molecule has 1 heterocycles. The summed E-state index contributed by atoms with van der Waals surface area (Å²) in [4.78, 5) is 63.1. The number of ether oxygens (including phenoxy) is 1. The van der Waals surface area contributed by atoms with Crippen molar-refractivity contribution in [2.24, 2.45) is 5.92 Å². The minimum atomic E-state index is -0.613. The molecule has 0 aliphatic carbocycles. The number of amides is 5. The highest BCUT2D eigenvalue weighted by molar-refractivity contribution is 6.22. The van der Waals surface area contributed by atoms with Crippen LogP contribution in [0.25, 0.3) is 0 Å². The number of fused-ring (bicyclic) bond motifs is 1. The second-order valence-corrected chi connectivity index (χ2v) is 10.5. The summed E-state index contributed by atoms with van der Waals surface area (Å²) in [6.07, 6.45) is -0.495. The molecule has 5 amide bonds. The number of nitrogens with zero attached hydrogens (tertiary/aromatic N) is 1. The van der Waals surface area contributed by atoms with E-state index < -0.39 is 23.5 Å². The van der Waals surface area contributed by atoms with Gasteiger partial charge in [-0.15, -0.1) is 0 Å². The molecule has 38 heavy (non-hydrogen) atoms. The van der Waals surface area contributed by atoms with Gasteiger partial charge in [-0.1, -0.05) is 26.0 Å². The number of anilines is 1. The van der Waals surface area contributed by atoms with Crippen molar-refractivity contribution in [3.63, 3.8) is 0 Å². The van der Waals surface area contributed by atoms with Crippen LogP contribution in [0.5, 0.6) is 0 Å². The molecule has 0 atom stereocenters. The zero-order valence-electron chi connectivity index (χ0n) is 22.3. The largest absolute Gasteiger partial charge is 0.444 e. The lowest BCUT2D eigenvalue weighted by atomic mass is 10.1. The third-order valence-electron chi connectivity index (χ3n) is 5.48. The fraction of sp³-hybridized carbons (Fsp3) is 0.393. The fourth-order valence-electron chi connectivity index (χ4n) is 3.81. The molecule has 0 aromatic heterocycles. The highest BCUT2D eigenvalue weighted by Gasteiger charge is 2.36. The normalized spacial score (nSPS) is 12.8. The predicted octanol–water partition coefficient (Wildman–Crippen LogP) is 3.72. The molecule has 0 bridgehead atoms. The van der Waals surface area contributed by atoms with E-state index in [1.165, 1.54) is 23.1 Å². The van der Waals surface area contributed by atoms with E-state index >= 15 is 0 Å². The number of rotatable bonds is 9. The monoisotopic (exact) mass is 522 g/mol. The summed E-state index contributed by atoms with van der Waals surface area (Å²) in [6.45, 7) is 9.80. The molecule has 0 radical (unpaired) electrons. The number of imide groups is 1. The molecule has 202 valence electrons. The SMILES string of the molecule is CC(C)CN1C(=O)c2ccc(C(=O)Nc3cccc(CNC(=O)CCNC(=O)OC(C)(C)C)c3)cc2C1=O. The van der Waals surface area contributed by atoms with Crippen LogP contribution in [0.1, 0.15) is 77.7 Å². The molecule has 0 spiro atoms. The number of carbonyl (C=O) groups excluding carboxylic acids is 5. The number of hydrogen-bond donors (Lipinski definition) is 3.